The van der Waals surface area contributed by atoms with E-state index < -0.39 is 41.1 Å². The molecule has 34 heavy (non-hydrogen) atoms. The number of carbonyl (C=O) groups excluding carboxylic acids is 2. The fourth-order valence-electron chi connectivity index (χ4n) is 3.25. The molecule has 0 saturated heterocycles. The molecule has 0 spiro atoms. The van der Waals surface area contributed by atoms with E-state index in [1.165, 1.54) is 4.68 Å². The van der Waals surface area contributed by atoms with E-state index in [2.05, 4.69) is 31.2 Å². The van der Waals surface area contributed by atoms with Crippen molar-refractivity contribution in [2.75, 3.05) is 6.54 Å². The average molecular weight is 481 g/mol. The molecule has 0 aliphatic carbocycles. The number of hydrogen-bond acceptors (Lipinski definition) is 7. The summed E-state index contributed by atoms with van der Waals surface area (Å²) in [6.07, 6.45) is -0.869. The first-order chi connectivity index (χ1) is 15.9. The standard InChI is InChI=1S/C21H26F3N7O3/c1-11-26-17-5-6-25-19(31(17)30-11)29-28-18(32)9-13(27-20(33)34-21(2,3)4)7-12-8-15(23)16(24)10-14(12)22/h8,10,13H,5-7,9H2,1-4H3,(H,25,29)(H,27,33)(H,28,32)/t13-/m1/s1. The van der Waals surface area contributed by atoms with Crippen molar-refractivity contribution in [2.24, 2.45) is 4.99 Å². The number of nitrogens with one attached hydrogen (secondary N) is 3. The van der Waals surface area contributed by atoms with Gasteiger partial charge in [0.05, 0.1) is 0 Å². The van der Waals surface area contributed by atoms with E-state index in [9.17, 15) is 22.8 Å². The lowest BCUT2D eigenvalue weighted by Crippen LogP contribution is -2.49. The molecule has 3 rings (SSSR count). The number of hydrogen-bond donors (Lipinski definition) is 3. The van der Waals surface area contributed by atoms with Crippen molar-refractivity contribution in [1.29, 1.82) is 0 Å². The lowest BCUT2D eigenvalue weighted by Gasteiger charge is -2.24. The van der Waals surface area contributed by atoms with Crippen LogP contribution in [0.25, 0.3) is 0 Å². The molecule has 2 amide bonds. The summed E-state index contributed by atoms with van der Waals surface area (Å²) in [5, 5.41) is 6.69. The Balaban J connectivity index is 1.68. The first kappa shape index (κ1) is 25.0. The van der Waals surface area contributed by atoms with Gasteiger partial charge in [-0.3, -0.25) is 15.6 Å². The number of ether oxygens (including phenoxy) is 1. The topological polar surface area (TPSA) is 123 Å². The predicted octanol–water partition coefficient (Wildman–Crippen LogP) is 1.91. The van der Waals surface area contributed by atoms with E-state index in [4.69, 9.17) is 4.74 Å². The molecule has 13 heteroatoms. The fourth-order valence-corrected chi connectivity index (χ4v) is 3.25. The van der Waals surface area contributed by atoms with Gasteiger partial charge >= 0.3 is 6.09 Å². The minimum atomic E-state index is -1.34. The summed E-state index contributed by atoms with van der Waals surface area (Å²) in [6.45, 7) is 7.13. The third kappa shape index (κ3) is 6.68. The molecule has 0 radical (unpaired) electrons. The molecule has 0 saturated carbocycles. The van der Waals surface area contributed by atoms with E-state index in [0.717, 1.165) is 0 Å². The third-order valence-electron chi connectivity index (χ3n) is 4.60. The van der Waals surface area contributed by atoms with Gasteiger partial charge in [-0.25, -0.2) is 27.9 Å². The highest BCUT2D eigenvalue weighted by Gasteiger charge is 2.24. The van der Waals surface area contributed by atoms with Crippen LogP contribution in [0.3, 0.4) is 0 Å². The molecule has 1 aromatic carbocycles. The highest BCUT2D eigenvalue weighted by atomic mass is 19.2. The SMILES string of the molecule is Cc1nc2n(n1)C(NNC(=O)C[C@@H](Cc1cc(F)c(F)cc1F)NC(=O)OC(C)(C)C)=NCC2. The van der Waals surface area contributed by atoms with Gasteiger partial charge in [0.15, 0.2) is 11.6 Å². The zero-order chi connectivity index (χ0) is 25.0. The quantitative estimate of drug-likeness (QED) is 0.443. The van der Waals surface area contributed by atoms with E-state index in [-0.39, 0.29) is 24.4 Å². The molecular weight excluding hydrogens is 455 g/mol. The third-order valence-corrected chi connectivity index (χ3v) is 4.60. The maximum Gasteiger partial charge on any atom is 0.407 e. The Morgan fingerprint density at radius 1 is 1.18 bits per heavy atom. The summed E-state index contributed by atoms with van der Waals surface area (Å²) in [4.78, 5) is 33.4. The number of rotatable bonds is 5. The summed E-state index contributed by atoms with van der Waals surface area (Å²) < 4.78 is 47.8. The van der Waals surface area contributed by atoms with Crippen molar-refractivity contribution in [3.8, 4) is 0 Å². The largest absolute Gasteiger partial charge is 0.444 e. The first-order valence-corrected chi connectivity index (χ1v) is 10.6. The van der Waals surface area contributed by atoms with Crippen molar-refractivity contribution in [2.45, 2.75) is 58.6 Å². The molecule has 1 aliphatic heterocycles. The molecule has 2 aromatic rings. The van der Waals surface area contributed by atoms with Gasteiger partial charge in [-0.15, -0.1) is 5.10 Å². The molecule has 3 N–H and O–H groups in total. The number of halogens is 3. The van der Waals surface area contributed by atoms with E-state index in [1.54, 1.807) is 27.7 Å². The number of hydrazine groups is 1. The van der Waals surface area contributed by atoms with Gasteiger partial charge < -0.3 is 10.1 Å². The van der Waals surface area contributed by atoms with E-state index >= 15 is 0 Å². The summed E-state index contributed by atoms with van der Waals surface area (Å²) in [6, 6.07) is 0.111. The van der Waals surface area contributed by atoms with Crippen LogP contribution in [-0.2, 0) is 22.4 Å². The maximum absolute atomic E-state index is 14.2. The van der Waals surface area contributed by atoms with Gasteiger partial charge in [-0.2, -0.15) is 4.68 Å². The summed E-state index contributed by atoms with van der Waals surface area (Å²) in [5.41, 5.74) is 4.08. The molecule has 184 valence electrons. The molecule has 0 bridgehead atoms. The van der Waals surface area contributed by atoms with Gasteiger partial charge in [0, 0.05) is 31.5 Å². The van der Waals surface area contributed by atoms with Crippen molar-refractivity contribution >= 4 is 18.0 Å². The van der Waals surface area contributed by atoms with Crippen molar-refractivity contribution in [1.82, 2.24) is 30.9 Å². The van der Waals surface area contributed by atoms with Crippen molar-refractivity contribution < 1.29 is 27.5 Å². The van der Waals surface area contributed by atoms with Crippen molar-refractivity contribution in [3.05, 3.63) is 46.8 Å². The Labute approximate surface area is 194 Å². The summed E-state index contributed by atoms with van der Waals surface area (Å²) >= 11 is 0. The molecule has 1 aliphatic rings. The van der Waals surface area contributed by atoms with E-state index in [0.29, 0.717) is 36.7 Å². The molecule has 2 heterocycles. The van der Waals surface area contributed by atoms with Crippen LogP contribution in [0.2, 0.25) is 0 Å². The Kier molecular flexibility index (Phi) is 7.42. The van der Waals surface area contributed by atoms with Crippen LogP contribution in [0.15, 0.2) is 17.1 Å². The minimum Gasteiger partial charge on any atom is -0.444 e. The van der Waals surface area contributed by atoms with Crippen LogP contribution < -0.4 is 16.2 Å². The number of nitrogens with zero attached hydrogens (tertiary/aromatic N) is 4. The number of aliphatic imine (C=N–C) groups is 1. The average Bonchev–Trinajstić information content (AvgIpc) is 3.09. The Bertz CT molecular complexity index is 1110. The number of amides is 2. The highest BCUT2D eigenvalue weighted by Crippen LogP contribution is 2.17. The monoisotopic (exact) mass is 481 g/mol. The van der Waals surface area contributed by atoms with Gasteiger partial charge in [0.1, 0.15) is 23.1 Å². The Hall–Kier alpha value is -3.64. The lowest BCUT2D eigenvalue weighted by atomic mass is 10.0. The van der Waals surface area contributed by atoms with Crippen LogP contribution in [0.5, 0.6) is 0 Å². The van der Waals surface area contributed by atoms with Gasteiger partial charge in [0.25, 0.3) is 0 Å². The van der Waals surface area contributed by atoms with Crippen LogP contribution in [-0.4, -0.2) is 50.9 Å². The van der Waals surface area contributed by atoms with Crippen LogP contribution in [0, 0.1) is 24.4 Å². The zero-order valence-electron chi connectivity index (χ0n) is 19.2. The second-order valence-electron chi connectivity index (χ2n) is 8.72. The number of fused-ring (bicyclic) bond motifs is 1. The Morgan fingerprint density at radius 3 is 2.59 bits per heavy atom. The second kappa shape index (κ2) is 10.1. The molecule has 0 unspecified atom stereocenters. The normalized spacial score (nSPS) is 14.0. The number of aromatic nitrogens is 3. The van der Waals surface area contributed by atoms with Gasteiger partial charge in [-0.1, -0.05) is 0 Å². The van der Waals surface area contributed by atoms with E-state index in [1.807, 2.05) is 0 Å². The summed E-state index contributed by atoms with van der Waals surface area (Å²) in [5.74, 6) is -2.67. The number of carbonyl (C=O) groups is 2. The highest BCUT2D eigenvalue weighted by molar-refractivity contribution is 5.86. The van der Waals surface area contributed by atoms with Gasteiger partial charge in [0.2, 0.25) is 11.9 Å². The summed E-state index contributed by atoms with van der Waals surface area (Å²) in [7, 11) is 0. The molecule has 10 nitrogen and oxygen atoms in total. The predicted molar refractivity (Wildman–Crippen MR) is 115 cm³/mol. The molecule has 0 fully saturated rings. The molecule has 1 aromatic heterocycles. The minimum absolute atomic E-state index is 0.208. The molecular formula is C21H26F3N7O3. The lowest BCUT2D eigenvalue weighted by molar-refractivity contribution is -0.122. The number of aryl methyl sites for hydroxylation is 1. The van der Waals surface area contributed by atoms with Crippen LogP contribution >= 0.6 is 0 Å². The number of benzene rings is 1. The fraction of sp³-hybridized carbons (Fsp3) is 0.476. The molecule has 1 atom stereocenters. The zero-order valence-corrected chi connectivity index (χ0v) is 19.2. The second-order valence-corrected chi connectivity index (χ2v) is 8.72. The van der Waals surface area contributed by atoms with Gasteiger partial charge in [-0.05, 0) is 45.7 Å². The van der Waals surface area contributed by atoms with Crippen molar-refractivity contribution in [3.63, 3.8) is 0 Å². The smallest absolute Gasteiger partial charge is 0.407 e. The number of alkyl carbamates (subject to hydrolysis) is 1. The maximum atomic E-state index is 14.2. The van der Waals surface area contributed by atoms with Crippen LogP contribution in [0.1, 0.15) is 44.4 Å². The first-order valence-electron chi connectivity index (χ1n) is 10.6. The van der Waals surface area contributed by atoms with Crippen LogP contribution in [0.4, 0.5) is 18.0 Å². The Morgan fingerprint density at radius 2 is 1.88 bits per heavy atom.